The summed E-state index contributed by atoms with van der Waals surface area (Å²) in [6, 6.07) is 8.83. The fraction of sp³-hybridized carbons (Fsp3) is 0.364. The Hall–Kier alpha value is -1.20. The molecule has 0 saturated carbocycles. The van der Waals surface area contributed by atoms with Crippen molar-refractivity contribution >= 4 is 15.8 Å². The quantitative estimate of drug-likeness (QED) is 0.761. The van der Waals surface area contributed by atoms with E-state index >= 15 is 0 Å². The van der Waals surface area contributed by atoms with Gasteiger partial charge in [0.05, 0.1) is 5.75 Å². The third-order valence-corrected chi connectivity index (χ3v) is 3.55. The van der Waals surface area contributed by atoms with Gasteiger partial charge in [0.25, 0.3) is 0 Å². The van der Waals surface area contributed by atoms with Crippen LogP contribution in [-0.4, -0.2) is 26.5 Å². The second kappa shape index (κ2) is 5.77. The highest BCUT2D eigenvalue weighted by Gasteiger charge is 2.08. The molecule has 0 aliphatic heterocycles. The topological polar surface area (TPSA) is 63.2 Å². The Balaban J connectivity index is 2.43. The fourth-order valence-corrected chi connectivity index (χ4v) is 1.81. The van der Waals surface area contributed by atoms with Gasteiger partial charge in [0.1, 0.15) is 0 Å². The molecular formula is C11H15NO3S. The molecule has 0 fully saturated rings. The molecule has 0 bridgehead atoms. The maximum absolute atomic E-state index is 11.6. The van der Waals surface area contributed by atoms with Crippen LogP contribution < -0.4 is 4.72 Å². The van der Waals surface area contributed by atoms with Crippen molar-refractivity contribution in [3.8, 4) is 0 Å². The highest BCUT2D eigenvalue weighted by Crippen LogP contribution is 2.02. The second-order valence-corrected chi connectivity index (χ2v) is 5.43. The van der Waals surface area contributed by atoms with Gasteiger partial charge in [0.2, 0.25) is 10.0 Å². The van der Waals surface area contributed by atoms with Gasteiger partial charge in [-0.25, -0.2) is 13.1 Å². The van der Waals surface area contributed by atoms with Crippen molar-refractivity contribution in [3.63, 3.8) is 0 Å². The molecule has 0 aromatic heterocycles. The van der Waals surface area contributed by atoms with E-state index in [0.717, 1.165) is 0 Å². The van der Waals surface area contributed by atoms with Crippen LogP contribution in [0.2, 0.25) is 0 Å². The Kier molecular flexibility index (Phi) is 4.64. The predicted octanol–water partition coefficient (Wildman–Crippen LogP) is 1.20. The van der Waals surface area contributed by atoms with Crippen LogP contribution in [0.3, 0.4) is 0 Å². The van der Waals surface area contributed by atoms with E-state index in [-0.39, 0.29) is 24.5 Å². The zero-order valence-corrected chi connectivity index (χ0v) is 9.96. The van der Waals surface area contributed by atoms with Gasteiger partial charge in [-0.15, -0.1) is 0 Å². The molecule has 0 radical (unpaired) electrons. The van der Waals surface area contributed by atoms with Crippen molar-refractivity contribution in [1.82, 2.24) is 4.72 Å². The Morgan fingerprint density at radius 1 is 1.25 bits per heavy atom. The smallest absolute Gasteiger partial charge is 0.211 e. The van der Waals surface area contributed by atoms with Gasteiger partial charge in [0.15, 0.2) is 5.78 Å². The lowest BCUT2D eigenvalue weighted by Crippen LogP contribution is -2.27. The normalized spacial score (nSPS) is 11.3. The average molecular weight is 241 g/mol. The maximum atomic E-state index is 11.6. The first kappa shape index (κ1) is 12.9. The van der Waals surface area contributed by atoms with Gasteiger partial charge in [0, 0.05) is 18.5 Å². The van der Waals surface area contributed by atoms with Crippen molar-refractivity contribution in [2.24, 2.45) is 0 Å². The van der Waals surface area contributed by atoms with Crippen LogP contribution in [-0.2, 0) is 10.0 Å². The molecule has 1 rings (SSSR count). The van der Waals surface area contributed by atoms with Crippen LogP contribution in [0.5, 0.6) is 0 Å². The summed E-state index contributed by atoms with van der Waals surface area (Å²) in [6.45, 7) is 1.71. The molecule has 0 saturated heterocycles. The Bertz CT molecular complexity index is 440. The first-order valence-corrected chi connectivity index (χ1v) is 6.76. The molecule has 0 unspecified atom stereocenters. The largest absolute Gasteiger partial charge is 0.294 e. The molecule has 4 nitrogen and oxygen atoms in total. The summed E-state index contributed by atoms with van der Waals surface area (Å²) in [5.74, 6) is -0.0219. The predicted molar refractivity (Wildman–Crippen MR) is 62.9 cm³/mol. The number of hydrogen-bond donors (Lipinski definition) is 1. The van der Waals surface area contributed by atoms with Crippen molar-refractivity contribution < 1.29 is 13.2 Å². The lowest BCUT2D eigenvalue weighted by atomic mass is 10.1. The number of carbonyl (C=O) groups excluding carboxylic acids is 1. The van der Waals surface area contributed by atoms with Gasteiger partial charge in [-0.3, -0.25) is 4.79 Å². The van der Waals surface area contributed by atoms with Crippen molar-refractivity contribution in [2.75, 3.05) is 12.3 Å². The number of sulfonamides is 1. The van der Waals surface area contributed by atoms with E-state index in [1.807, 2.05) is 6.07 Å². The average Bonchev–Trinajstić information content (AvgIpc) is 2.30. The third-order valence-electron chi connectivity index (χ3n) is 2.15. The second-order valence-electron chi connectivity index (χ2n) is 3.34. The number of hydrogen-bond acceptors (Lipinski definition) is 3. The monoisotopic (exact) mass is 241 g/mol. The number of Topliss-reactive ketones (excluding diaryl/α,β-unsaturated/α-hetero) is 1. The molecule has 16 heavy (non-hydrogen) atoms. The summed E-state index contributed by atoms with van der Waals surface area (Å²) in [5, 5.41) is 0. The minimum Gasteiger partial charge on any atom is -0.294 e. The van der Waals surface area contributed by atoms with E-state index in [2.05, 4.69) is 4.72 Å². The van der Waals surface area contributed by atoms with E-state index in [1.54, 1.807) is 31.2 Å². The molecule has 5 heteroatoms. The molecular weight excluding hydrogens is 226 g/mol. The van der Waals surface area contributed by atoms with Gasteiger partial charge >= 0.3 is 0 Å². The van der Waals surface area contributed by atoms with Crippen molar-refractivity contribution in [1.29, 1.82) is 0 Å². The lowest BCUT2D eigenvalue weighted by Gasteiger charge is -2.03. The summed E-state index contributed by atoms with van der Waals surface area (Å²) in [5.41, 5.74) is 0.609. The highest BCUT2D eigenvalue weighted by molar-refractivity contribution is 7.89. The molecule has 0 amide bonds. The summed E-state index contributed by atoms with van der Waals surface area (Å²) in [6.07, 6.45) is 0.184. The minimum absolute atomic E-state index is 0.0343. The lowest BCUT2D eigenvalue weighted by molar-refractivity contribution is 0.0984. The summed E-state index contributed by atoms with van der Waals surface area (Å²) in [7, 11) is -3.20. The van der Waals surface area contributed by atoms with Crippen LogP contribution in [0.1, 0.15) is 23.7 Å². The maximum Gasteiger partial charge on any atom is 0.211 e. The number of ketones is 1. The first-order chi connectivity index (χ1) is 7.55. The fourth-order valence-electron chi connectivity index (χ4n) is 1.19. The molecule has 0 atom stereocenters. The van der Waals surface area contributed by atoms with E-state index < -0.39 is 10.0 Å². The zero-order chi connectivity index (χ0) is 12.0. The number of carbonyl (C=O) groups is 1. The van der Waals surface area contributed by atoms with Gasteiger partial charge in [-0.05, 0) is 6.92 Å². The van der Waals surface area contributed by atoms with Crippen LogP contribution in [0, 0.1) is 0 Å². The van der Waals surface area contributed by atoms with E-state index in [9.17, 15) is 13.2 Å². The summed E-state index contributed by atoms with van der Waals surface area (Å²) < 4.78 is 24.6. The van der Waals surface area contributed by atoms with E-state index in [4.69, 9.17) is 0 Å². The Labute approximate surface area is 95.7 Å². The summed E-state index contributed by atoms with van der Waals surface area (Å²) in [4.78, 5) is 11.6. The number of benzene rings is 1. The molecule has 0 aliphatic carbocycles. The van der Waals surface area contributed by atoms with E-state index in [1.165, 1.54) is 0 Å². The van der Waals surface area contributed by atoms with E-state index in [0.29, 0.717) is 5.56 Å². The molecule has 1 N–H and O–H groups in total. The third kappa shape index (κ3) is 4.12. The highest BCUT2D eigenvalue weighted by atomic mass is 32.2. The molecule has 0 aliphatic rings. The van der Waals surface area contributed by atoms with Gasteiger partial charge in [-0.2, -0.15) is 0 Å². The molecule has 88 valence electrons. The SMILES string of the molecule is CCS(=O)(=O)NCCC(=O)c1ccccc1. The van der Waals surface area contributed by atoms with Crippen LogP contribution >= 0.6 is 0 Å². The van der Waals surface area contributed by atoms with Gasteiger partial charge in [-0.1, -0.05) is 30.3 Å². The van der Waals surface area contributed by atoms with Crippen LogP contribution in [0.4, 0.5) is 0 Å². The Morgan fingerprint density at radius 3 is 2.44 bits per heavy atom. The minimum atomic E-state index is -3.20. The number of nitrogens with one attached hydrogen (secondary N) is 1. The Morgan fingerprint density at radius 2 is 1.88 bits per heavy atom. The van der Waals surface area contributed by atoms with Crippen LogP contribution in [0.25, 0.3) is 0 Å². The molecule has 1 aromatic rings. The summed E-state index contributed by atoms with van der Waals surface area (Å²) >= 11 is 0. The zero-order valence-electron chi connectivity index (χ0n) is 9.14. The first-order valence-electron chi connectivity index (χ1n) is 5.11. The molecule has 0 spiro atoms. The van der Waals surface area contributed by atoms with Crippen molar-refractivity contribution in [3.05, 3.63) is 35.9 Å². The van der Waals surface area contributed by atoms with Crippen LogP contribution in [0.15, 0.2) is 30.3 Å². The number of rotatable bonds is 6. The van der Waals surface area contributed by atoms with Gasteiger partial charge < -0.3 is 0 Å². The standard InChI is InChI=1S/C11H15NO3S/c1-2-16(14,15)12-9-8-11(13)10-6-4-3-5-7-10/h3-7,12H,2,8-9H2,1H3. The molecule has 0 heterocycles. The molecule has 1 aromatic carbocycles. The van der Waals surface area contributed by atoms with Crippen molar-refractivity contribution in [2.45, 2.75) is 13.3 Å².